The number of hydrogen-bond acceptors (Lipinski definition) is 3. The van der Waals surface area contributed by atoms with E-state index in [9.17, 15) is 4.79 Å². The second-order valence-corrected chi connectivity index (χ2v) is 4.36. The van der Waals surface area contributed by atoms with Crippen molar-refractivity contribution in [2.75, 3.05) is 19.6 Å². The highest BCUT2D eigenvalue weighted by molar-refractivity contribution is 5.81. The Morgan fingerprint density at radius 3 is 1.50 bits per heavy atom. The van der Waals surface area contributed by atoms with Gasteiger partial charge in [0.1, 0.15) is 5.60 Å². The molecule has 0 fully saturated rings. The van der Waals surface area contributed by atoms with Crippen molar-refractivity contribution in [3.05, 3.63) is 12.7 Å². The number of carbonyl (C=O) groups is 1. The third kappa shape index (κ3) is 20.6. The summed E-state index contributed by atoms with van der Waals surface area (Å²) in [6, 6.07) is 0. The molecule has 0 saturated heterocycles. The van der Waals surface area contributed by atoms with E-state index in [4.69, 9.17) is 4.74 Å². The van der Waals surface area contributed by atoms with Crippen LogP contribution in [0.5, 0.6) is 0 Å². The molecule has 0 radical (unpaired) electrons. The summed E-state index contributed by atoms with van der Waals surface area (Å²) in [6.45, 7) is 22.8. The standard InChI is InChI=1S/C7H12O2.C6H15N.C2H6/c1-5-6(8)9-7(2,3)4;1-4-7(5-2)6-3;1-2/h5H,1H2,2-4H3;4-6H2,1-3H3;1-2H3. The zero-order valence-electron chi connectivity index (χ0n) is 13.7. The van der Waals surface area contributed by atoms with Crippen LogP contribution in [0.1, 0.15) is 55.4 Å². The van der Waals surface area contributed by atoms with Crippen LogP contribution in [0, 0.1) is 0 Å². The molecule has 0 unspecified atom stereocenters. The normalized spacial score (nSPS) is 9.61. The quantitative estimate of drug-likeness (QED) is 0.566. The van der Waals surface area contributed by atoms with Crippen molar-refractivity contribution in [3.63, 3.8) is 0 Å². The van der Waals surface area contributed by atoms with Crippen LogP contribution in [0.15, 0.2) is 12.7 Å². The molecule has 0 aliphatic rings. The lowest BCUT2D eigenvalue weighted by Crippen LogP contribution is -2.22. The van der Waals surface area contributed by atoms with Crippen molar-refractivity contribution in [1.29, 1.82) is 0 Å². The van der Waals surface area contributed by atoms with Gasteiger partial charge in [-0.3, -0.25) is 0 Å². The molecule has 0 aliphatic heterocycles. The molecule has 0 amide bonds. The van der Waals surface area contributed by atoms with E-state index in [1.165, 1.54) is 19.6 Å². The third-order valence-electron chi connectivity index (χ3n) is 1.92. The minimum absolute atomic E-state index is 0.373. The van der Waals surface area contributed by atoms with E-state index in [1.54, 1.807) is 0 Å². The molecule has 0 aromatic rings. The zero-order chi connectivity index (χ0) is 15.2. The maximum atomic E-state index is 10.5. The first-order valence-corrected chi connectivity index (χ1v) is 6.88. The van der Waals surface area contributed by atoms with Crippen molar-refractivity contribution in [3.8, 4) is 0 Å². The van der Waals surface area contributed by atoms with Gasteiger partial charge in [0, 0.05) is 6.08 Å². The van der Waals surface area contributed by atoms with Gasteiger partial charge >= 0.3 is 5.97 Å². The van der Waals surface area contributed by atoms with Gasteiger partial charge in [-0.25, -0.2) is 4.79 Å². The summed E-state index contributed by atoms with van der Waals surface area (Å²) >= 11 is 0. The molecule has 18 heavy (non-hydrogen) atoms. The first kappa shape index (κ1) is 22.4. The van der Waals surface area contributed by atoms with Gasteiger partial charge < -0.3 is 9.64 Å². The fourth-order valence-corrected chi connectivity index (χ4v) is 1.01. The maximum Gasteiger partial charge on any atom is 0.330 e. The van der Waals surface area contributed by atoms with Crippen molar-refractivity contribution in [2.45, 2.75) is 61.0 Å². The summed E-state index contributed by atoms with van der Waals surface area (Å²) in [6.07, 6.45) is 1.16. The van der Waals surface area contributed by atoms with Gasteiger partial charge in [-0.05, 0) is 40.4 Å². The Bertz CT molecular complexity index is 186. The highest BCUT2D eigenvalue weighted by Crippen LogP contribution is 2.06. The van der Waals surface area contributed by atoms with Crippen LogP contribution >= 0.6 is 0 Å². The molecule has 0 saturated carbocycles. The highest BCUT2D eigenvalue weighted by atomic mass is 16.6. The number of nitrogens with zero attached hydrogens (tertiary/aromatic N) is 1. The number of ether oxygens (including phenoxy) is 1. The molecule has 0 aliphatic carbocycles. The van der Waals surface area contributed by atoms with Gasteiger partial charge in [0.15, 0.2) is 0 Å². The van der Waals surface area contributed by atoms with Crippen LogP contribution < -0.4 is 0 Å². The highest BCUT2D eigenvalue weighted by Gasteiger charge is 2.12. The van der Waals surface area contributed by atoms with Gasteiger partial charge in [0.2, 0.25) is 0 Å². The van der Waals surface area contributed by atoms with Crippen LogP contribution in [0.3, 0.4) is 0 Å². The van der Waals surface area contributed by atoms with Gasteiger partial charge in [-0.1, -0.05) is 41.2 Å². The Balaban J connectivity index is -0.000000225. The lowest BCUT2D eigenvalue weighted by Gasteiger charge is -2.17. The summed E-state index contributed by atoms with van der Waals surface area (Å²) in [4.78, 5) is 12.9. The van der Waals surface area contributed by atoms with E-state index >= 15 is 0 Å². The molecule has 3 nitrogen and oxygen atoms in total. The molecular weight excluding hydrogens is 226 g/mol. The monoisotopic (exact) mass is 259 g/mol. The fourth-order valence-electron chi connectivity index (χ4n) is 1.01. The van der Waals surface area contributed by atoms with Crippen LogP contribution in [0.4, 0.5) is 0 Å². The fraction of sp³-hybridized carbons (Fsp3) is 0.800. The van der Waals surface area contributed by atoms with Crippen LogP contribution in [-0.4, -0.2) is 36.1 Å². The van der Waals surface area contributed by atoms with Crippen molar-refractivity contribution >= 4 is 5.97 Å². The second kappa shape index (κ2) is 14.2. The number of rotatable bonds is 4. The lowest BCUT2D eigenvalue weighted by atomic mass is 10.2. The summed E-state index contributed by atoms with van der Waals surface area (Å²) in [5.74, 6) is -0.373. The van der Waals surface area contributed by atoms with Crippen molar-refractivity contribution < 1.29 is 9.53 Å². The van der Waals surface area contributed by atoms with E-state index in [0.717, 1.165) is 6.08 Å². The topological polar surface area (TPSA) is 29.5 Å². The predicted octanol–water partition coefficient (Wildman–Crippen LogP) is 3.89. The summed E-state index contributed by atoms with van der Waals surface area (Å²) < 4.78 is 4.83. The smallest absolute Gasteiger partial charge is 0.330 e. The molecule has 3 heteroatoms. The Morgan fingerprint density at radius 2 is 1.44 bits per heavy atom. The van der Waals surface area contributed by atoms with Crippen LogP contribution in [-0.2, 0) is 9.53 Å². The van der Waals surface area contributed by atoms with E-state index in [2.05, 4.69) is 32.3 Å². The van der Waals surface area contributed by atoms with Crippen molar-refractivity contribution in [2.24, 2.45) is 0 Å². The summed E-state index contributed by atoms with van der Waals surface area (Å²) in [5.41, 5.74) is -0.398. The molecule has 0 bridgehead atoms. The van der Waals surface area contributed by atoms with Gasteiger partial charge in [-0.15, -0.1) is 0 Å². The Morgan fingerprint density at radius 1 is 1.11 bits per heavy atom. The van der Waals surface area contributed by atoms with Gasteiger partial charge in [0.25, 0.3) is 0 Å². The second-order valence-electron chi connectivity index (χ2n) is 4.36. The zero-order valence-corrected chi connectivity index (χ0v) is 13.7. The van der Waals surface area contributed by atoms with Crippen LogP contribution in [0.2, 0.25) is 0 Å². The molecule has 0 N–H and O–H groups in total. The average Bonchev–Trinajstić information content (AvgIpc) is 2.32. The third-order valence-corrected chi connectivity index (χ3v) is 1.92. The Kier molecular flexibility index (Phi) is 17.7. The summed E-state index contributed by atoms with van der Waals surface area (Å²) in [7, 11) is 0. The predicted molar refractivity (Wildman–Crippen MR) is 80.9 cm³/mol. The van der Waals surface area contributed by atoms with Crippen molar-refractivity contribution in [1.82, 2.24) is 4.90 Å². The molecular formula is C15H33NO2. The SMILES string of the molecule is C=CC(=O)OC(C)(C)C.CC.CCN(CC)CC. The van der Waals surface area contributed by atoms with Crippen LogP contribution in [0.25, 0.3) is 0 Å². The molecule has 0 rings (SSSR count). The first-order valence-electron chi connectivity index (χ1n) is 6.88. The number of esters is 1. The van der Waals surface area contributed by atoms with E-state index in [1.807, 2.05) is 34.6 Å². The van der Waals surface area contributed by atoms with Gasteiger partial charge in [-0.2, -0.15) is 0 Å². The largest absolute Gasteiger partial charge is 0.457 e. The van der Waals surface area contributed by atoms with Gasteiger partial charge in [0.05, 0.1) is 0 Å². The molecule has 110 valence electrons. The molecule has 0 aromatic carbocycles. The molecule has 0 heterocycles. The maximum absolute atomic E-state index is 10.5. The van der Waals surface area contributed by atoms with E-state index in [-0.39, 0.29) is 5.97 Å². The van der Waals surface area contributed by atoms with E-state index < -0.39 is 5.60 Å². The van der Waals surface area contributed by atoms with E-state index in [0.29, 0.717) is 0 Å². The molecule has 0 spiro atoms. The molecule has 0 atom stereocenters. The molecule has 0 aromatic heterocycles. The Hall–Kier alpha value is -0.830. The number of carbonyl (C=O) groups excluding carboxylic acids is 1. The summed E-state index contributed by atoms with van der Waals surface area (Å²) in [5, 5.41) is 0. The minimum atomic E-state index is -0.398. The minimum Gasteiger partial charge on any atom is -0.457 e. The lowest BCUT2D eigenvalue weighted by molar-refractivity contribution is -0.148. The number of hydrogen-bond donors (Lipinski definition) is 0. The Labute approximate surface area is 114 Å². The first-order chi connectivity index (χ1) is 8.30. The average molecular weight is 259 g/mol.